The van der Waals surface area contributed by atoms with Crippen LogP contribution >= 0.6 is 15.9 Å². The standard InChI is InChI=1S/C18H26BrNO/c1-2-20-17(12-14-5-3-6-16(19)11-14)15-7-10-21-18(13-15)8-4-9-18/h3,5-6,11,15,17,20H,2,4,7-10,12-13H2,1H3. The highest BCUT2D eigenvalue weighted by molar-refractivity contribution is 9.10. The number of likely N-dealkylation sites (N-methyl/N-ethyl adjacent to an activating group) is 1. The van der Waals surface area contributed by atoms with Gasteiger partial charge in [-0.05, 0) is 68.7 Å². The van der Waals surface area contributed by atoms with Gasteiger partial charge in [0, 0.05) is 17.1 Å². The molecule has 0 amide bonds. The molecular formula is C18H26BrNO. The molecule has 2 unspecified atom stereocenters. The van der Waals surface area contributed by atoms with E-state index in [9.17, 15) is 0 Å². The zero-order chi connectivity index (χ0) is 14.7. The first-order valence-electron chi connectivity index (χ1n) is 8.32. The third-order valence-electron chi connectivity index (χ3n) is 5.18. The third kappa shape index (κ3) is 3.69. The Morgan fingerprint density at radius 3 is 2.95 bits per heavy atom. The largest absolute Gasteiger partial charge is 0.375 e. The van der Waals surface area contributed by atoms with Crippen LogP contribution in [0.1, 0.15) is 44.6 Å². The van der Waals surface area contributed by atoms with E-state index in [1.54, 1.807) is 0 Å². The van der Waals surface area contributed by atoms with Crippen LogP contribution in [0.4, 0.5) is 0 Å². The number of hydrogen-bond acceptors (Lipinski definition) is 2. The molecule has 1 spiro atoms. The van der Waals surface area contributed by atoms with Crippen LogP contribution in [0.5, 0.6) is 0 Å². The minimum absolute atomic E-state index is 0.244. The molecule has 1 aliphatic heterocycles. The Bertz CT molecular complexity index is 472. The minimum atomic E-state index is 0.244. The average molecular weight is 352 g/mol. The third-order valence-corrected chi connectivity index (χ3v) is 5.67. The molecule has 2 fully saturated rings. The molecule has 1 heterocycles. The molecule has 3 heteroatoms. The lowest BCUT2D eigenvalue weighted by molar-refractivity contribution is -0.147. The predicted molar refractivity (Wildman–Crippen MR) is 90.6 cm³/mol. The van der Waals surface area contributed by atoms with Crippen molar-refractivity contribution in [3.8, 4) is 0 Å². The van der Waals surface area contributed by atoms with Crippen molar-refractivity contribution >= 4 is 15.9 Å². The van der Waals surface area contributed by atoms with Gasteiger partial charge in [0.25, 0.3) is 0 Å². The normalized spacial score (nSPS) is 25.5. The fourth-order valence-electron chi connectivity index (χ4n) is 3.91. The Kier molecular flexibility index (Phi) is 5.03. The molecule has 1 saturated heterocycles. The predicted octanol–water partition coefficient (Wildman–Crippen LogP) is 4.32. The summed E-state index contributed by atoms with van der Waals surface area (Å²) in [5.41, 5.74) is 1.66. The average Bonchev–Trinajstić information content (AvgIpc) is 2.45. The second-order valence-electron chi connectivity index (χ2n) is 6.64. The first-order chi connectivity index (χ1) is 10.2. The molecule has 0 bridgehead atoms. The summed E-state index contributed by atoms with van der Waals surface area (Å²) in [6.07, 6.45) is 7.48. The van der Waals surface area contributed by atoms with Gasteiger partial charge in [0.05, 0.1) is 5.60 Å². The van der Waals surface area contributed by atoms with Gasteiger partial charge in [-0.15, -0.1) is 0 Å². The van der Waals surface area contributed by atoms with Crippen molar-refractivity contribution in [2.24, 2.45) is 5.92 Å². The molecule has 1 N–H and O–H groups in total. The molecule has 1 aliphatic carbocycles. The number of benzene rings is 1. The number of hydrogen-bond donors (Lipinski definition) is 1. The van der Waals surface area contributed by atoms with Gasteiger partial charge in [-0.2, -0.15) is 0 Å². The van der Waals surface area contributed by atoms with E-state index in [1.807, 2.05) is 0 Å². The molecule has 3 rings (SSSR count). The minimum Gasteiger partial charge on any atom is -0.375 e. The van der Waals surface area contributed by atoms with Gasteiger partial charge >= 0.3 is 0 Å². The van der Waals surface area contributed by atoms with Crippen LogP contribution in [0.15, 0.2) is 28.7 Å². The molecular weight excluding hydrogens is 326 g/mol. The Balaban J connectivity index is 1.68. The lowest BCUT2D eigenvalue weighted by Crippen LogP contribution is -2.50. The van der Waals surface area contributed by atoms with Crippen molar-refractivity contribution in [2.75, 3.05) is 13.2 Å². The van der Waals surface area contributed by atoms with Crippen LogP contribution < -0.4 is 5.32 Å². The van der Waals surface area contributed by atoms with Crippen LogP contribution in [0.2, 0.25) is 0 Å². The quantitative estimate of drug-likeness (QED) is 0.852. The first-order valence-corrected chi connectivity index (χ1v) is 9.12. The summed E-state index contributed by atoms with van der Waals surface area (Å²) >= 11 is 3.59. The Morgan fingerprint density at radius 1 is 1.43 bits per heavy atom. The zero-order valence-corrected chi connectivity index (χ0v) is 14.5. The first kappa shape index (κ1) is 15.5. The van der Waals surface area contributed by atoms with E-state index < -0.39 is 0 Å². The lowest BCUT2D eigenvalue weighted by Gasteiger charge is -2.49. The maximum atomic E-state index is 6.09. The van der Waals surface area contributed by atoms with E-state index in [0.29, 0.717) is 6.04 Å². The van der Waals surface area contributed by atoms with Gasteiger partial charge in [0.2, 0.25) is 0 Å². The van der Waals surface area contributed by atoms with Crippen molar-refractivity contribution in [1.29, 1.82) is 0 Å². The summed E-state index contributed by atoms with van der Waals surface area (Å²) in [7, 11) is 0. The maximum Gasteiger partial charge on any atom is 0.0685 e. The zero-order valence-electron chi connectivity index (χ0n) is 12.9. The van der Waals surface area contributed by atoms with Crippen molar-refractivity contribution in [3.05, 3.63) is 34.3 Å². The van der Waals surface area contributed by atoms with Crippen LogP contribution in [0.3, 0.4) is 0 Å². The van der Waals surface area contributed by atoms with Gasteiger partial charge in [-0.25, -0.2) is 0 Å². The summed E-state index contributed by atoms with van der Waals surface area (Å²) in [5, 5.41) is 3.74. The molecule has 1 saturated carbocycles. The second kappa shape index (κ2) is 6.80. The smallest absolute Gasteiger partial charge is 0.0685 e. The molecule has 2 aliphatic rings. The Morgan fingerprint density at radius 2 is 2.29 bits per heavy atom. The van der Waals surface area contributed by atoms with E-state index in [-0.39, 0.29) is 5.60 Å². The van der Waals surface area contributed by atoms with Crippen LogP contribution in [-0.4, -0.2) is 24.8 Å². The molecule has 2 atom stereocenters. The van der Waals surface area contributed by atoms with Crippen molar-refractivity contribution in [1.82, 2.24) is 5.32 Å². The molecule has 0 aromatic heterocycles. The number of rotatable bonds is 5. The fraction of sp³-hybridized carbons (Fsp3) is 0.667. The maximum absolute atomic E-state index is 6.09. The van der Waals surface area contributed by atoms with E-state index >= 15 is 0 Å². The monoisotopic (exact) mass is 351 g/mol. The highest BCUT2D eigenvalue weighted by atomic mass is 79.9. The number of nitrogens with one attached hydrogen (secondary N) is 1. The van der Waals surface area contributed by atoms with Crippen LogP contribution in [0.25, 0.3) is 0 Å². The molecule has 1 aromatic rings. The molecule has 1 aromatic carbocycles. The molecule has 21 heavy (non-hydrogen) atoms. The highest BCUT2D eigenvalue weighted by Gasteiger charge is 2.44. The Labute approximate surface area is 136 Å². The lowest BCUT2D eigenvalue weighted by atomic mass is 9.70. The van der Waals surface area contributed by atoms with Crippen LogP contribution in [-0.2, 0) is 11.2 Å². The number of ether oxygens (including phenoxy) is 1. The van der Waals surface area contributed by atoms with Gasteiger partial charge in [0.1, 0.15) is 0 Å². The van der Waals surface area contributed by atoms with Gasteiger partial charge < -0.3 is 10.1 Å². The van der Waals surface area contributed by atoms with Crippen molar-refractivity contribution < 1.29 is 4.74 Å². The van der Waals surface area contributed by atoms with Crippen molar-refractivity contribution in [2.45, 2.75) is 57.1 Å². The van der Waals surface area contributed by atoms with Gasteiger partial charge in [0.15, 0.2) is 0 Å². The summed E-state index contributed by atoms with van der Waals surface area (Å²) in [5.74, 6) is 0.748. The van der Waals surface area contributed by atoms with Gasteiger partial charge in [-0.1, -0.05) is 35.0 Å². The van der Waals surface area contributed by atoms with E-state index in [1.165, 1.54) is 42.1 Å². The molecule has 0 radical (unpaired) electrons. The summed E-state index contributed by atoms with van der Waals surface area (Å²) in [6, 6.07) is 9.31. The molecule has 2 nitrogen and oxygen atoms in total. The molecule has 116 valence electrons. The number of halogens is 1. The van der Waals surface area contributed by atoms with E-state index in [2.05, 4.69) is 52.4 Å². The van der Waals surface area contributed by atoms with E-state index in [0.717, 1.165) is 25.5 Å². The summed E-state index contributed by atoms with van der Waals surface area (Å²) in [4.78, 5) is 0. The summed E-state index contributed by atoms with van der Waals surface area (Å²) < 4.78 is 7.27. The second-order valence-corrected chi connectivity index (χ2v) is 7.55. The van der Waals surface area contributed by atoms with Crippen LogP contribution in [0, 0.1) is 5.92 Å². The fourth-order valence-corrected chi connectivity index (χ4v) is 4.36. The van der Waals surface area contributed by atoms with Crippen molar-refractivity contribution in [3.63, 3.8) is 0 Å². The SMILES string of the molecule is CCNC(Cc1cccc(Br)c1)C1CCOC2(CCC2)C1. The summed E-state index contributed by atoms with van der Waals surface area (Å²) in [6.45, 7) is 4.21. The Hall–Kier alpha value is -0.380. The topological polar surface area (TPSA) is 21.3 Å². The highest BCUT2D eigenvalue weighted by Crippen LogP contribution is 2.45. The van der Waals surface area contributed by atoms with E-state index in [4.69, 9.17) is 4.74 Å². The van der Waals surface area contributed by atoms with Gasteiger partial charge in [-0.3, -0.25) is 0 Å².